The largest absolute Gasteiger partial charge is 0.331 e. The molecule has 6 nitrogen and oxygen atoms in total. The van der Waals surface area contributed by atoms with Crippen molar-refractivity contribution in [1.29, 1.82) is 0 Å². The summed E-state index contributed by atoms with van der Waals surface area (Å²) in [6.07, 6.45) is 5.99. The quantitative estimate of drug-likeness (QED) is 0.702. The molecule has 2 aromatic heterocycles. The normalized spacial score (nSPS) is 14.0. The van der Waals surface area contributed by atoms with E-state index in [1.54, 1.807) is 34.1 Å². The van der Waals surface area contributed by atoms with Gasteiger partial charge in [-0.1, -0.05) is 13.3 Å². The number of aromatic nitrogens is 3. The number of aryl methyl sites for hydroxylation is 1. The van der Waals surface area contributed by atoms with Crippen molar-refractivity contribution in [2.45, 2.75) is 39.2 Å². The van der Waals surface area contributed by atoms with Crippen LogP contribution in [0.5, 0.6) is 0 Å². The Morgan fingerprint density at radius 2 is 2.07 bits per heavy atom. The van der Waals surface area contributed by atoms with Crippen LogP contribution in [0.2, 0.25) is 0 Å². The number of fused-ring (bicyclic) bond motifs is 1. The number of hydrogen-bond donors (Lipinski definition) is 1. The first-order chi connectivity index (χ1) is 14.1. The van der Waals surface area contributed by atoms with E-state index in [9.17, 15) is 9.18 Å². The summed E-state index contributed by atoms with van der Waals surface area (Å²) in [6, 6.07) is 9.98. The first-order valence-corrected chi connectivity index (χ1v) is 9.90. The fourth-order valence-corrected chi connectivity index (χ4v) is 3.80. The number of carbonyl (C=O) groups is 1. The Morgan fingerprint density at radius 1 is 1.28 bits per heavy atom. The average Bonchev–Trinajstić information content (AvgIpc) is 3.30. The van der Waals surface area contributed by atoms with E-state index in [0.29, 0.717) is 13.0 Å². The minimum Gasteiger partial charge on any atom is -0.331 e. The molecule has 3 aromatic rings. The molecule has 1 unspecified atom stereocenters. The Morgan fingerprint density at radius 3 is 2.79 bits per heavy atom. The van der Waals surface area contributed by atoms with Gasteiger partial charge >= 0.3 is 6.03 Å². The minimum atomic E-state index is -0.285. The molecule has 0 aliphatic carbocycles. The molecule has 29 heavy (non-hydrogen) atoms. The van der Waals surface area contributed by atoms with Gasteiger partial charge in [-0.15, -0.1) is 0 Å². The summed E-state index contributed by atoms with van der Waals surface area (Å²) >= 11 is 0. The molecule has 3 heterocycles. The van der Waals surface area contributed by atoms with Gasteiger partial charge in [-0.25, -0.2) is 13.9 Å². The number of nitrogens with zero attached hydrogens (tertiary/aromatic N) is 4. The summed E-state index contributed by atoms with van der Waals surface area (Å²) in [4.78, 5) is 19.0. The number of urea groups is 1. The molecular formula is C22H24FN5O. The van der Waals surface area contributed by atoms with Crippen molar-refractivity contribution < 1.29 is 9.18 Å². The number of anilines is 1. The lowest BCUT2D eigenvalue weighted by atomic mass is 10.0. The monoisotopic (exact) mass is 393 g/mol. The second-order valence-corrected chi connectivity index (χ2v) is 7.29. The number of carbonyl (C=O) groups excluding carboxylic acids is 1. The molecule has 4 rings (SSSR count). The number of halogens is 1. The molecule has 0 fully saturated rings. The molecular weight excluding hydrogens is 369 g/mol. The van der Waals surface area contributed by atoms with Crippen molar-refractivity contribution in [3.05, 3.63) is 71.6 Å². The molecule has 1 aliphatic heterocycles. The lowest BCUT2D eigenvalue weighted by Crippen LogP contribution is -2.40. The highest BCUT2D eigenvalue weighted by molar-refractivity contribution is 5.94. The maximum absolute atomic E-state index is 13.2. The number of nitrogens with one attached hydrogen (secondary N) is 1. The van der Waals surface area contributed by atoms with Crippen molar-refractivity contribution in [2.24, 2.45) is 0 Å². The molecule has 1 aliphatic rings. The van der Waals surface area contributed by atoms with E-state index in [2.05, 4.69) is 22.3 Å². The zero-order valence-corrected chi connectivity index (χ0v) is 16.6. The topological polar surface area (TPSA) is 63.1 Å². The zero-order valence-electron chi connectivity index (χ0n) is 16.6. The Hall–Kier alpha value is -3.22. The first kappa shape index (κ1) is 19.1. The van der Waals surface area contributed by atoms with Crippen LogP contribution in [0.3, 0.4) is 0 Å². The van der Waals surface area contributed by atoms with Gasteiger partial charge in [0.25, 0.3) is 0 Å². The third-order valence-corrected chi connectivity index (χ3v) is 5.22. The highest BCUT2D eigenvalue weighted by atomic mass is 19.1. The summed E-state index contributed by atoms with van der Waals surface area (Å²) < 4.78 is 15.0. The van der Waals surface area contributed by atoms with Crippen LogP contribution in [0.1, 0.15) is 42.8 Å². The van der Waals surface area contributed by atoms with Crippen molar-refractivity contribution in [3.63, 3.8) is 0 Å². The molecule has 7 heteroatoms. The van der Waals surface area contributed by atoms with E-state index in [4.69, 9.17) is 0 Å². The van der Waals surface area contributed by atoms with E-state index < -0.39 is 0 Å². The third-order valence-electron chi connectivity index (χ3n) is 5.22. The van der Waals surface area contributed by atoms with Crippen LogP contribution in [-0.2, 0) is 6.42 Å². The van der Waals surface area contributed by atoms with Gasteiger partial charge in [0.2, 0.25) is 0 Å². The van der Waals surface area contributed by atoms with E-state index in [1.165, 1.54) is 12.1 Å². The molecule has 1 N–H and O–H groups in total. The van der Waals surface area contributed by atoms with Gasteiger partial charge in [-0.3, -0.25) is 9.88 Å². The second-order valence-electron chi connectivity index (χ2n) is 7.29. The fraction of sp³-hybridized carbons (Fsp3) is 0.318. The number of rotatable bonds is 5. The zero-order chi connectivity index (χ0) is 20.4. The van der Waals surface area contributed by atoms with Crippen molar-refractivity contribution in [1.82, 2.24) is 20.1 Å². The van der Waals surface area contributed by atoms with Crippen molar-refractivity contribution in [2.75, 3.05) is 11.4 Å². The number of pyridine rings is 1. The van der Waals surface area contributed by atoms with E-state index >= 15 is 0 Å². The summed E-state index contributed by atoms with van der Waals surface area (Å²) in [5.74, 6) is -0.285. The Bertz CT molecular complexity index is 1010. The Labute approximate surface area is 169 Å². The lowest BCUT2D eigenvalue weighted by molar-refractivity contribution is 0.242. The van der Waals surface area contributed by atoms with E-state index in [1.807, 2.05) is 19.1 Å². The van der Waals surface area contributed by atoms with Crippen LogP contribution in [0.4, 0.5) is 14.9 Å². The number of hydrogen-bond acceptors (Lipinski definition) is 3. The van der Waals surface area contributed by atoms with Crippen LogP contribution in [-0.4, -0.2) is 27.3 Å². The highest BCUT2D eigenvalue weighted by Crippen LogP contribution is 2.30. The maximum Gasteiger partial charge on any atom is 0.322 e. The molecule has 1 aromatic carbocycles. The number of amides is 2. The van der Waals surface area contributed by atoms with Crippen LogP contribution in [0.15, 0.2) is 48.8 Å². The van der Waals surface area contributed by atoms with E-state index in [0.717, 1.165) is 41.2 Å². The summed E-state index contributed by atoms with van der Waals surface area (Å²) in [5, 5.41) is 7.59. The predicted octanol–water partition coefficient (Wildman–Crippen LogP) is 4.33. The molecule has 150 valence electrons. The smallest absolute Gasteiger partial charge is 0.322 e. The van der Waals surface area contributed by atoms with Crippen LogP contribution in [0, 0.1) is 12.7 Å². The standard InChI is InChI=1S/C22H24FN5O/c1-3-4-19(16-9-11-24-15(2)13-16)26-22(29)27-12-10-20-21(27)14-25-28(20)18-7-5-17(23)6-8-18/h5-9,11,13-14,19H,3-4,10,12H2,1-2H3,(H,26,29). The van der Waals surface area contributed by atoms with Gasteiger partial charge in [0.15, 0.2) is 0 Å². The predicted molar refractivity (Wildman–Crippen MR) is 110 cm³/mol. The van der Waals surface area contributed by atoms with Gasteiger partial charge in [-0.2, -0.15) is 5.10 Å². The van der Waals surface area contributed by atoms with Gasteiger partial charge in [0.05, 0.1) is 29.3 Å². The van der Waals surface area contributed by atoms with Gasteiger partial charge < -0.3 is 5.32 Å². The molecule has 0 bridgehead atoms. The Balaban J connectivity index is 1.54. The van der Waals surface area contributed by atoms with Gasteiger partial charge in [0.1, 0.15) is 5.82 Å². The summed E-state index contributed by atoms with van der Waals surface area (Å²) in [5.41, 5.74) is 4.54. The summed E-state index contributed by atoms with van der Waals surface area (Å²) in [7, 11) is 0. The highest BCUT2D eigenvalue weighted by Gasteiger charge is 2.30. The van der Waals surface area contributed by atoms with E-state index in [-0.39, 0.29) is 17.9 Å². The lowest BCUT2D eigenvalue weighted by Gasteiger charge is -2.23. The average molecular weight is 393 g/mol. The minimum absolute atomic E-state index is 0.0645. The molecule has 0 saturated heterocycles. The van der Waals surface area contributed by atoms with Gasteiger partial charge in [-0.05, 0) is 55.3 Å². The molecule has 0 saturated carbocycles. The SMILES string of the molecule is CCCC(NC(=O)N1CCc2c1cnn2-c1ccc(F)cc1)c1ccnc(C)c1. The third kappa shape index (κ3) is 3.85. The van der Waals surface area contributed by atoms with Crippen LogP contribution < -0.4 is 10.2 Å². The van der Waals surface area contributed by atoms with Crippen molar-refractivity contribution >= 4 is 11.7 Å². The Kier molecular flexibility index (Phi) is 5.29. The summed E-state index contributed by atoms with van der Waals surface area (Å²) in [6.45, 7) is 4.65. The van der Waals surface area contributed by atoms with Crippen LogP contribution >= 0.6 is 0 Å². The van der Waals surface area contributed by atoms with Crippen LogP contribution in [0.25, 0.3) is 5.69 Å². The maximum atomic E-state index is 13.2. The molecule has 1 atom stereocenters. The molecule has 2 amide bonds. The molecule has 0 spiro atoms. The fourth-order valence-electron chi connectivity index (χ4n) is 3.80. The second kappa shape index (κ2) is 8.03. The first-order valence-electron chi connectivity index (χ1n) is 9.90. The number of benzene rings is 1. The van der Waals surface area contributed by atoms with Crippen molar-refractivity contribution in [3.8, 4) is 5.69 Å². The molecule has 0 radical (unpaired) electrons. The van der Waals surface area contributed by atoms with Gasteiger partial charge in [0, 0.05) is 24.9 Å².